The molecule has 0 bridgehead atoms. The standard InChI is InChI=1S/C52H34N2S/c1-3-11-35(12-4-1)37-19-24-40(25-20-37)53(41-26-21-38(22-27-41)36-13-5-2-6-14-36)43-28-31-46-48-33-42(29-32-50(48)55-51(46)34-43)54-49-18-10-9-17-45(49)47-30-23-39-15-7-8-16-44(39)52(47)54/h1-34H. The topological polar surface area (TPSA) is 8.17 Å². The third-order valence-corrected chi connectivity index (χ3v) is 12.1. The first-order chi connectivity index (χ1) is 27.3. The van der Waals surface area contributed by atoms with Crippen molar-refractivity contribution in [1.29, 1.82) is 0 Å². The van der Waals surface area contributed by atoms with E-state index in [0.717, 1.165) is 17.1 Å². The molecule has 2 aromatic heterocycles. The molecule has 2 heterocycles. The maximum Gasteiger partial charge on any atom is 0.0619 e. The summed E-state index contributed by atoms with van der Waals surface area (Å²) in [6.45, 7) is 0. The van der Waals surface area contributed by atoms with Crippen LogP contribution in [0.5, 0.6) is 0 Å². The fourth-order valence-corrected chi connectivity index (χ4v) is 9.46. The van der Waals surface area contributed by atoms with Crippen LogP contribution < -0.4 is 4.90 Å². The average molecular weight is 719 g/mol. The molecule has 0 aliphatic heterocycles. The van der Waals surface area contributed by atoms with Gasteiger partial charge in [-0.1, -0.05) is 146 Å². The molecule has 0 aliphatic rings. The summed E-state index contributed by atoms with van der Waals surface area (Å²) in [5, 5.41) is 7.63. The Balaban J connectivity index is 1.05. The van der Waals surface area contributed by atoms with E-state index in [0.29, 0.717) is 0 Å². The van der Waals surface area contributed by atoms with E-state index in [-0.39, 0.29) is 0 Å². The summed E-state index contributed by atoms with van der Waals surface area (Å²) in [7, 11) is 0. The summed E-state index contributed by atoms with van der Waals surface area (Å²) in [6.07, 6.45) is 0. The second-order valence-electron chi connectivity index (χ2n) is 14.2. The van der Waals surface area contributed by atoms with Crippen molar-refractivity contribution in [2.45, 2.75) is 0 Å². The third kappa shape index (κ3) is 5.32. The highest BCUT2D eigenvalue weighted by Crippen LogP contribution is 2.43. The van der Waals surface area contributed by atoms with Crippen molar-refractivity contribution in [3.05, 3.63) is 206 Å². The number of hydrogen-bond donors (Lipinski definition) is 0. The lowest BCUT2D eigenvalue weighted by atomic mass is 10.0. The van der Waals surface area contributed by atoms with Crippen LogP contribution in [0.15, 0.2) is 206 Å². The van der Waals surface area contributed by atoms with Crippen molar-refractivity contribution in [3.63, 3.8) is 0 Å². The quantitative estimate of drug-likeness (QED) is 0.166. The Morgan fingerprint density at radius 3 is 1.60 bits per heavy atom. The van der Waals surface area contributed by atoms with E-state index in [9.17, 15) is 0 Å². The molecule has 0 aliphatic carbocycles. The Morgan fingerprint density at radius 2 is 0.909 bits per heavy atom. The van der Waals surface area contributed by atoms with Crippen LogP contribution in [0.25, 0.3) is 80.7 Å². The monoisotopic (exact) mass is 718 g/mol. The van der Waals surface area contributed by atoms with E-state index in [4.69, 9.17) is 0 Å². The van der Waals surface area contributed by atoms with Crippen LogP contribution in [0.2, 0.25) is 0 Å². The SMILES string of the molecule is c1ccc(-c2ccc(N(c3ccc(-c4ccccc4)cc3)c3ccc4c(c3)sc3ccc(-n5c6ccccc6c6ccc7ccccc7c65)cc34)cc2)cc1. The Morgan fingerprint density at radius 1 is 0.345 bits per heavy atom. The number of hydrogen-bond acceptors (Lipinski definition) is 2. The van der Waals surface area contributed by atoms with Gasteiger partial charge in [-0.3, -0.25) is 0 Å². The highest BCUT2D eigenvalue weighted by molar-refractivity contribution is 7.25. The summed E-state index contributed by atoms with van der Waals surface area (Å²) in [5.41, 5.74) is 11.9. The van der Waals surface area contributed by atoms with Gasteiger partial charge in [-0.05, 0) is 88.3 Å². The van der Waals surface area contributed by atoms with Gasteiger partial charge in [0, 0.05) is 59.1 Å². The van der Waals surface area contributed by atoms with E-state index < -0.39 is 0 Å². The van der Waals surface area contributed by atoms with Crippen molar-refractivity contribution in [3.8, 4) is 27.9 Å². The van der Waals surface area contributed by atoms with Gasteiger partial charge in [0.2, 0.25) is 0 Å². The molecule has 0 saturated heterocycles. The average Bonchev–Trinajstić information content (AvgIpc) is 3.80. The van der Waals surface area contributed by atoms with Crippen molar-refractivity contribution in [2.24, 2.45) is 0 Å². The molecule has 0 atom stereocenters. The van der Waals surface area contributed by atoms with E-state index in [1.807, 2.05) is 11.3 Å². The lowest BCUT2D eigenvalue weighted by Gasteiger charge is -2.26. The number of fused-ring (bicyclic) bond motifs is 8. The lowest BCUT2D eigenvalue weighted by Crippen LogP contribution is -2.09. The summed E-state index contributed by atoms with van der Waals surface area (Å²) >= 11 is 1.86. The second-order valence-corrected chi connectivity index (χ2v) is 15.2. The van der Waals surface area contributed by atoms with Crippen LogP contribution in [-0.2, 0) is 0 Å². The van der Waals surface area contributed by atoms with Crippen LogP contribution in [0.4, 0.5) is 17.1 Å². The molecule has 258 valence electrons. The fraction of sp³-hybridized carbons (Fsp3) is 0. The number of nitrogens with zero attached hydrogens (tertiary/aromatic N) is 2. The molecule has 11 rings (SSSR count). The van der Waals surface area contributed by atoms with Gasteiger partial charge in [-0.25, -0.2) is 0 Å². The molecule has 0 saturated carbocycles. The van der Waals surface area contributed by atoms with Gasteiger partial charge in [-0.15, -0.1) is 11.3 Å². The van der Waals surface area contributed by atoms with Crippen LogP contribution in [-0.4, -0.2) is 4.57 Å². The van der Waals surface area contributed by atoms with Crippen LogP contribution in [0, 0.1) is 0 Å². The molecule has 3 heteroatoms. The van der Waals surface area contributed by atoms with Crippen molar-refractivity contribution in [1.82, 2.24) is 4.57 Å². The molecule has 0 fully saturated rings. The molecule has 2 nitrogen and oxygen atoms in total. The molecule has 11 aromatic rings. The molecule has 0 unspecified atom stereocenters. The first kappa shape index (κ1) is 31.6. The predicted octanol–water partition coefficient (Wildman–Crippen LogP) is 15.1. The maximum atomic E-state index is 2.46. The Bertz CT molecular complexity index is 3090. The zero-order valence-corrected chi connectivity index (χ0v) is 30.7. The summed E-state index contributed by atoms with van der Waals surface area (Å²) < 4.78 is 5.01. The third-order valence-electron chi connectivity index (χ3n) is 11.0. The van der Waals surface area contributed by atoms with Gasteiger partial charge in [0.05, 0.1) is 11.0 Å². The van der Waals surface area contributed by atoms with Gasteiger partial charge in [-0.2, -0.15) is 0 Å². The highest BCUT2D eigenvalue weighted by atomic mass is 32.1. The molecular weight excluding hydrogens is 685 g/mol. The van der Waals surface area contributed by atoms with Gasteiger partial charge in [0.25, 0.3) is 0 Å². The van der Waals surface area contributed by atoms with E-state index in [2.05, 4.69) is 216 Å². The zero-order chi connectivity index (χ0) is 36.3. The number of anilines is 3. The normalized spacial score (nSPS) is 11.6. The largest absolute Gasteiger partial charge is 0.310 e. The zero-order valence-electron chi connectivity index (χ0n) is 29.9. The molecule has 0 radical (unpaired) electrons. The molecule has 0 amide bonds. The van der Waals surface area contributed by atoms with Crippen LogP contribution in [0.1, 0.15) is 0 Å². The number of benzene rings is 9. The number of rotatable bonds is 6. The highest BCUT2D eigenvalue weighted by Gasteiger charge is 2.18. The minimum Gasteiger partial charge on any atom is -0.310 e. The van der Waals surface area contributed by atoms with Crippen molar-refractivity contribution >= 4 is 81.1 Å². The predicted molar refractivity (Wildman–Crippen MR) is 237 cm³/mol. The Hall–Kier alpha value is -6.94. The maximum absolute atomic E-state index is 2.46. The van der Waals surface area contributed by atoms with Crippen LogP contribution >= 0.6 is 11.3 Å². The minimum atomic E-state index is 1.12. The van der Waals surface area contributed by atoms with E-state index >= 15 is 0 Å². The van der Waals surface area contributed by atoms with E-state index in [1.165, 1.54) is 80.7 Å². The molecular formula is C52H34N2S. The molecule has 9 aromatic carbocycles. The summed E-state index contributed by atoms with van der Waals surface area (Å²) in [4.78, 5) is 2.38. The minimum absolute atomic E-state index is 1.12. The first-order valence-electron chi connectivity index (χ1n) is 18.8. The number of aromatic nitrogens is 1. The summed E-state index contributed by atoms with van der Waals surface area (Å²) in [6, 6.07) is 75.1. The number of thiophene rings is 1. The first-order valence-corrected chi connectivity index (χ1v) is 19.6. The fourth-order valence-electron chi connectivity index (χ4n) is 8.34. The van der Waals surface area contributed by atoms with Gasteiger partial charge in [0.1, 0.15) is 0 Å². The van der Waals surface area contributed by atoms with Gasteiger partial charge < -0.3 is 9.47 Å². The molecule has 0 spiro atoms. The van der Waals surface area contributed by atoms with Gasteiger partial charge >= 0.3 is 0 Å². The number of para-hydroxylation sites is 1. The van der Waals surface area contributed by atoms with Crippen molar-refractivity contribution in [2.75, 3.05) is 4.90 Å². The molecule has 0 N–H and O–H groups in total. The van der Waals surface area contributed by atoms with Gasteiger partial charge in [0.15, 0.2) is 0 Å². The van der Waals surface area contributed by atoms with Crippen molar-refractivity contribution < 1.29 is 0 Å². The Labute approximate surface area is 323 Å². The summed E-state index contributed by atoms with van der Waals surface area (Å²) in [5.74, 6) is 0. The Kier molecular flexibility index (Phi) is 7.39. The van der Waals surface area contributed by atoms with E-state index in [1.54, 1.807) is 0 Å². The van der Waals surface area contributed by atoms with Crippen LogP contribution in [0.3, 0.4) is 0 Å². The lowest BCUT2D eigenvalue weighted by molar-refractivity contribution is 1.19. The molecule has 55 heavy (non-hydrogen) atoms. The second kappa shape index (κ2) is 12.9. The smallest absolute Gasteiger partial charge is 0.0619 e.